The van der Waals surface area contributed by atoms with Gasteiger partial charge in [-0.05, 0) is 42.9 Å². The van der Waals surface area contributed by atoms with E-state index in [0.717, 1.165) is 37.6 Å². The number of carbonyl (C=O) groups excluding carboxylic acids is 1. The van der Waals surface area contributed by atoms with Gasteiger partial charge in [-0.15, -0.1) is 0 Å². The van der Waals surface area contributed by atoms with E-state index >= 15 is 0 Å². The summed E-state index contributed by atoms with van der Waals surface area (Å²) in [5, 5.41) is 9.46. The Morgan fingerprint density at radius 1 is 1.29 bits per heavy atom. The molecule has 0 spiro atoms. The van der Waals surface area contributed by atoms with Gasteiger partial charge in [0.1, 0.15) is 0 Å². The normalized spacial score (nSPS) is 20.5. The lowest BCUT2D eigenvalue weighted by molar-refractivity contribution is -0.0835. The van der Waals surface area contributed by atoms with Crippen LogP contribution in [0.4, 0.5) is 0 Å². The zero-order valence-electron chi connectivity index (χ0n) is 18.0. The van der Waals surface area contributed by atoms with Gasteiger partial charge in [0.15, 0.2) is 5.96 Å². The van der Waals surface area contributed by atoms with Crippen molar-refractivity contribution in [3.63, 3.8) is 0 Å². The Labute approximate surface area is 169 Å². The number of rotatable bonds is 6. The second-order valence-electron chi connectivity index (χ2n) is 8.42. The summed E-state index contributed by atoms with van der Waals surface area (Å²) in [6.07, 6.45) is 2.53. The summed E-state index contributed by atoms with van der Waals surface area (Å²) in [5.41, 5.74) is 1.79. The maximum atomic E-state index is 11.8. The Morgan fingerprint density at radius 3 is 2.75 bits per heavy atom. The third-order valence-corrected chi connectivity index (χ3v) is 5.01. The van der Waals surface area contributed by atoms with Crippen LogP contribution in [0.25, 0.3) is 0 Å². The molecule has 1 aliphatic rings. The second-order valence-corrected chi connectivity index (χ2v) is 8.42. The average Bonchev–Trinajstić information content (AvgIpc) is 2.69. The molecular weight excluding hydrogens is 352 g/mol. The molecular formula is C22H36N4O2. The second kappa shape index (κ2) is 10.5. The molecule has 0 aliphatic carbocycles. The molecule has 0 saturated carbocycles. The Morgan fingerprint density at radius 2 is 2.07 bits per heavy atom. The van der Waals surface area contributed by atoms with Crippen molar-refractivity contribution in [3.05, 3.63) is 35.4 Å². The first kappa shape index (κ1) is 22.2. The quantitative estimate of drug-likeness (QED) is 0.517. The van der Waals surface area contributed by atoms with Crippen LogP contribution in [-0.4, -0.2) is 44.7 Å². The number of hydrogen-bond acceptors (Lipinski definition) is 3. The van der Waals surface area contributed by atoms with Crippen molar-refractivity contribution in [2.75, 3.05) is 26.7 Å². The average molecular weight is 389 g/mol. The molecule has 3 N–H and O–H groups in total. The minimum absolute atomic E-state index is 0.0821. The van der Waals surface area contributed by atoms with Crippen molar-refractivity contribution in [1.82, 2.24) is 16.0 Å². The Kier molecular flexibility index (Phi) is 8.30. The fourth-order valence-electron chi connectivity index (χ4n) is 3.70. The monoisotopic (exact) mass is 388 g/mol. The van der Waals surface area contributed by atoms with Crippen LogP contribution >= 0.6 is 0 Å². The van der Waals surface area contributed by atoms with Crippen molar-refractivity contribution < 1.29 is 9.53 Å². The SMILES string of the molecule is CCNC(=NCc1cccc(C(=O)NC)c1)NCC1CCCOC1C(C)(C)C. The molecule has 1 heterocycles. The standard InChI is InChI=1S/C22H36N4O2/c1-6-24-21(25-14-16-9-7-10-17(13-16)20(27)23-5)26-15-18-11-8-12-28-19(18)22(2,3)4/h7,9-10,13,18-19H,6,8,11-12,14-15H2,1-5H3,(H,23,27)(H2,24,25,26). The summed E-state index contributed by atoms with van der Waals surface area (Å²) in [4.78, 5) is 16.5. The van der Waals surface area contributed by atoms with Gasteiger partial charge in [0.05, 0.1) is 12.6 Å². The third kappa shape index (κ3) is 6.51. The highest BCUT2D eigenvalue weighted by molar-refractivity contribution is 5.94. The van der Waals surface area contributed by atoms with Crippen LogP contribution < -0.4 is 16.0 Å². The molecule has 2 atom stereocenters. The van der Waals surface area contributed by atoms with E-state index < -0.39 is 0 Å². The van der Waals surface area contributed by atoms with Gasteiger partial charge in [0.2, 0.25) is 0 Å². The van der Waals surface area contributed by atoms with Gasteiger partial charge in [0.25, 0.3) is 5.91 Å². The minimum Gasteiger partial charge on any atom is -0.377 e. The van der Waals surface area contributed by atoms with E-state index in [9.17, 15) is 4.79 Å². The molecule has 28 heavy (non-hydrogen) atoms. The summed E-state index contributed by atoms with van der Waals surface area (Å²) in [7, 11) is 1.64. The molecule has 0 bridgehead atoms. The van der Waals surface area contributed by atoms with E-state index in [2.05, 4.69) is 43.6 Å². The lowest BCUT2D eigenvalue weighted by Crippen LogP contribution is -2.47. The van der Waals surface area contributed by atoms with Gasteiger partial charge < -0.3 is 20.7 Å². The fraction of sp³-hybridized carbons (Fsp3) is 0.636. The molecule has 2 unspecified atom stereocenters. The van der Waals surface area contributed by atoms with Gasteiger partial charge in [-0.2, -0.15) is 0 Å². The maximum Gasteiger partial charge on any atom is 0.251 e. The number of benzene rings is 1. The van der Waals surface area contributed by atoms with Crippen molar-refractivity contribution in [2.45, 2.75) is 53.2 Å². The van der Waals surface area contributed by atoms with Crippen LogP contribution in [0.15, 0.2) is 29.3 Å². The molecule has 1 aliphatic heterocycles. The largest absolute Gasteiger partial charge is 0.377 e. The predicted molar refractivity (Wildman–Crippen MR) is 115 cm³/mol. The molecule has 1 saturated heterocycles. The lowest BCUT2D eigenvalue weighted by atomic mass is 9.78. The first-order valence-electron chi connectivity index (χ1n) is 10.3. The van der Waals surface area contributed by atoms with E-state index in [1.165, 1.54) is 6.42 Å². The summed E-state index contributed by atoms with van der Waals surface area (Å²) in [5.74, 6) is 1.18. The van der Waals surface area contributed by atoms with E-state index in [4.69, 9.17) is 9.73 Å². The summed E-state index contributed by atoms with van der Waals surface area (Å²) < 4.78 is 6.08. The number of hydrogen-bond donors (Lipinski definition) is 3. The summed E-state index contributed by atoms with van der Waals surface area (Å²) >= 11 is 0. The maximum absolute atomic E-state index is 11.8. The van der Waals surface area contributed by atoms with Gasteiger partial charge >= 0.3 is 0 Å². The minimum atomic E-state index is -0.0821. The van der Waals surface area contributed by atoms with Crippen molar-refractivity contribution >= 4 is 11.9 Å². The van der Waals surface area contributed by atoms with Gasteiger partial charge in [-0.3, -0.25) is 4.79 Å². The molecule has 6 nitrogen and oxygen atoms in total. The lowest BCUT2D eigenvalue weighted by Gasteiger charge is -2.40. The molecule has 1 fully saturated rings. The van der Waals surface area contributed by atoms with Crippen LogP contribution in [0, 0.1) is 11.3 Å². The van der Waals surface area contributed by atoms with Crippen LogP contribution in [0.1, 0.15) is 56.5 Å². The molecule has 0 radical (unpaired) electrons. The fourth-order valence-corrected chi connectivity index (χ4v) is 3.70. The third-order valence-electron chi connectivity index (χ3n) is 5.01. The highest BCUT2D eigenvalue weighted by Gasteiger charge is 2.35. The zero-order chi connectivity index (χ0) is 20.6. The molecule has 1 aromatic rings. The van der Waals surface area contributed by atoms with Crippen molar-refractivity contribution in [2.24, 2.45) is 16.3 Å². The molecule has 1 aromatic carbocycles. The van der Waals surface area contributed by atoms with Gasteiger partial charge in [0, 0.05) is 38.2 Å². The first-order valence-corrected chi connectivity index (χ1v) is 10.3. The van der Waals surface area contributed by atoms with Crippen LogP contribution in [0.5, 0.6) is 0 Å². The molecule has 0 aromatic heterocycles. The first-order chi connectivity index (χ1) is 13.3. The number of guanidine groups is 1. The number of amides is 1. The molecule has 2 rings (SSSR count). The van der Waals surface area contributed by atoms with Crippen molar-refractivity contribution in [1.29, 1.82) is 0 Å². The highest BCUT2D eigenvalue weighted by Crippen LogP contribution is 2.33. The predicted octanol–water partition coefficient (Wildman–Crippen LogP) is 2.94. The molecule has 156 valence electrons. The van der Waals surface area contributed by atoms with Crippen LogP contribution in [-0.2, 0) is 11.3 Å². The van der Waals surface area contributed by atoms with Crippen molar-refractivity contribution in [3.8, 4) is 0 Å². The zero-order valence-corrected chi connectivity index (χ0v) is 18.0. The van der Waals surface area contributed by atoms with E-state index in [0.29, 0.717) is 18.0 Å². The van der Waals surface area contributed by atoms with Crippen LogP contribution in [0.3, 0.4) is 0 Å². The molecule has 1 amide bonds. The van der Waals surface area contributed by atoms with Crippen LogP contribution in [0.2, 0.25) is 0 Å². The van der Waals surface area contributed by atoms with E-state index in [1.807, 2.05) is 24.3 Å². The van der Waals surface area contributed by atoms with Gasteiger partial charge in [-0.25, -0.2) is 4.99 Å². The smallest absolute Gasteiger partial charge is 0.251 e. The van der Waals surface area contributed by atoms with E-state index in [-0.39, 0.29) is 17.4 Å². The Balaban J connectivity index is 2.01. The number of nitrogens with one attached hydrogen (secondary N) is 3. The number of ether oxygens (including phenoxy) is 1. The number of aliphatic imine (C=N–C) groups is 1. The number of nitrogens with zero attached hydrogens (tertiary/aromatic N) is 1. The van der Waals surface area contributed by atoms with E-state index in [1.54, 1.807) is 7.05 Å². The highest BCUT2D eigenvalue weighted by atomic mass is 16.5. The van der Waals surface area contributed by atoms with Gasteiger partial charge in [-0.1, -0.05) is 32.9 Å². The topological polar surface area (TPSA) is 74.8 Å². The Hall–Kier alpha value is -2.08. The summed E-state index contributed by atoms with van der Waals surface area (Å²) in [6.45, 7) is 11.8. The summed E-state index contributed by atoms with van der Waals surface area (Å²) in [6, 6.07) is 7.58. The Bertz CT molecular complexity index is 667. The molecule has 6 heteroatoms. The number of carbonyl (C=O) groups is 1.